The molecule has 1 aliphatic rings. The van der Waals surface area contributed by atoms with Gasteiger partial charge in [-0.25, -0.2) is 0 Å². The molecule has 4 nitrogen and oxygen atoms in total. The van der Waals surface area contributed by atoms with Gasteiger partial charge in [0.1, 0.15) is 11.8 Å². The number of rotatable bonds is 2. The van der Waals surface area contributed by atoms with E-state index in [1.807, 2.05) is 24.3 Å². The number of amides is 1. The second kappa shape index (κ2) is 3.31. The van der Waals surface area contributed by atoms with Gasteiger partial charge in [-0.1, -0.05) is 12.1 Å². The molecule has 1 aromatic carbocycles. The quantitative estimate of drug-likeness (QED) is 0.657. The number of methoxy groups -OCH3 is 1. The van der Waals surface area contributed by atoms with Gasteiger partial charge < -0.3 is 15.8 Å². The maximum Gasteiger partial charge on any atom is 0.239 e. The van der Waals surface area contributed by atoms with Crippen LogP contribution in [0.15, 0.2) is 24.3 Å². The first-order valence-electron chi connectivity index (χ1n) is 4.42. The Morgan fingerprint density at radius 3 is 2.86 bits per heavy atom. The minimum absolute atomic E-state index is 0.0717. The summed E-state index contributed by atoms with van der Waals surface area (Å²) in [6.07, 6.45) is 0. The predicted octanol–water partition coefficient (Wildman–Crippen LogP) is 0.193. The van der Waals surface area contributed by atoms with E-state index in [-0.39, 0.29) is 11.9 Å². The van der Waals surface area contributed by atoms with E-state index in [1.165, 1.54) is 0 Å². The van der Waals surface area contributed by atoms with Gasteiger partial charge in [0, 0.05) is 0 Å². The molecular weight excluding hydrogens is 180 g/mol. The number of benzene rings is 1. The Balaban J connectivity index is 2.21. The topological polar surface area (TPSA) is 64.3 Å². The number of carbonyl (C=O) groups is 1. The molecule has 0 saturated carbocycles. The van der Waals surface area contributed by atoms with Crippen LogP contribution >= 0.6 is 0 Å². The molecule has 0 aliphatic carbocycles. The maximum absolute atomic E-state index is 10.9. The van der Waals surface area contributed by atoms with Gasteiger partial charge in [-0.05, 0) is 17.7 Å². The summed E-state index contributed by atoms with van der Waals surface area (Å²) in [5.74, 6) is 0.675. The van der Waals surface area contributed by atoms with Crippen LogP contribution in [0.4, 0.5) is 0 Å². The van der Waals surface area contributed by atoms with Crippen molar-refractivity contribution in [3.63, 3.8) is 0 Å². The highest BCUT2D eigenvalue weighted by molar-refractivity contribution is 5.89. The third-order valence-corrected chi connectivity index (χ3v) is 2.41. The van der Waals surface area contributed by atoms with Crippen LogP contribution in [0.3, 0.4) is 0 Å². The molecule has 14 heavy (non-hydrogen) atoms. The van der Waals surface area contributed by atoms with Crippen molar-refractivity contribution in [1.82, 2.24) is 5.32 Å². The number of nitrogens with one attached hydrogen (secondary N) is 1. The van der Waals surface area contributed by atoms with E-state index in [1.54, 1.807) is 7.11 Å². The molecule has 0 bridgehead atoms. The summed E-state index contributed by atoms with van der Waals surface area (Å²) in [5.41, 5.74) is 6.62. The van der Waals surface area contributed by atoms with E-state index in [0.717, 1.165) is 11.3 Å². The summed E-state index contributed by atoms with van der Waals surface area (Å²) in [5, 5.41) is 2.74. The maximum atomic E-state index is 10.9. The Bertz CT molecular complexity index is 365. The molecule has 0 radical (unpaired) electrons. The van der Waals surface area contributed by atoms with Crippen LogP contribution < -0.4 is 15.8 Å². The second-order valence-electron chi connectivity index (χ2n) is 3.29. The van der Waals surface area contributed by atoms with Crippen molar-refractivity contribution < 1.29 is 9.53 Å². The van der Waals surface area contributed by atoms with Crippen LogP contribution in [0.25, 0.3) is 0 Å². The van der Waals surface area contributed by atoms with Crippen LogP contribution in [0, 0.1) is 0 Å². The average Bonchev–Trinajstić information content (AvgIpc) is 2.25. The van der Waals surface area contributed by atoms with E-state index >= 15 is 0 Å². The lowest BCUT2D eigenvalue weighted by Crippen LogP contribution is -2.60. The molecule has 1 amide bonds. The van der Waals surface area contributed by atoms with Crippen LogP contribution in [0.5, 0.6) is 5.75 Å². The van der Waals surface area contributed by atoms with Crippen molar-refractivity contribution >= 4 is 5.91 Å². The molecule has 1 aliphatic heterocycles. The number of nitrogens with two attached hydrogens (primary N) is 1. The Hall–Kier alpha value is -1.55. The fraction of sp³-hybridized carbons (Fsp3) is 0.300. The smallest absolute Gasteiger partial charge is 0.239 e. The molecule has 2 atom stereocenters. The zero-order valence-electron chi connectivity index (χ0n) is 7.86. The average molecular weight is 192 g/mol. The number of carbonyl (C=O) groups excluding carboxylic acids is 1. The highest BCUT2D eigenvalue weighted by Gasteiger charge is 2.37. The van der Waals surface area contributed by atoms with E-state index in [9.17, 15) is 4.79 Å². The van der Waals surface area contributed by atoms with E-state index < -0.39 is 6.04 Å². The van der Waals surface area contributed by atoms with Crippen molar-refractivity contribution in [3.8, 4) is 5.75 Å². The normalized spacial score (nSPS) is 25.1. The van der Waals surface area contributed by atoms with E-state index in [0.29, 0.717) is 0 Å². The van der Waals surface area contributed by atoms with Gasteiger partial charge in [0.05, 0.1) is 13.2 Å². The number of hydrogen-bond donors (Lipinski definition) is 2. The molecular formula is C10H12N2O2. The largest absolute Gasteiger partial charge is 0.497 e. The first-order chi connectivity index (χ1) is 6.72. The number of ether oxygens (including phenoxy) is 1. The van der Waals surface area contributed by atoms with Crippen molar-refractivity contribution in [2.75, 3.05) is 7.11 Å². The Labute approximate surface area is 82.1 Å². The lowest BCUT2D eigenvalue weighted by molar-refractivity contribution is -0.130. The van der Waals surface area contributed by atoms with Crippen LogP contribution in [-0.4, -0.2) is 19.1 Å². The summed E-state index contributed by atoms with van der Waals surface area (Å²) in [7, 11) is 1.61. The number of β-lactam (4-membered cyclic amide) rings is 1. The Morgan fingerprint density at radius 1 is 1.50 bits per heavy atom. The lowest BCUT2D eigenvalue weighted by atomic mass is 9.92. The van der Waals surface area contributed by atoms with E-state index in [2.05, 4.69) is 5.32 Å². The first-order valence-corrected chi connectivity index (χ1v) is 4.42. The van der Waals surface area contributed by atoms with Crippen molar-refractivity contribution in [3.05, 3.63) is 29.8 Å². The summed E-state index contributed by atoms with van der Waals surface area (Å²) >= 11 is 0. The third kappa shape index (κ3) is 1.33. The zero-order valence-corrected chi connectivity index (χ0v) is 7.86. The molecule has 1 saturated heterocycles. The van der Waals surface area contributed by atoms with Gasteiger partial charge >= 0.3 is 0 Å². The SMILES string of the molecule is COc1cccc(C2NC(=O)C2N)c1. The van der Waals surface area contributed by atoms with Gasteiger partial charge in [0.2, 0.25) is 5.91 Å². The van der Waals surface area contributed by atoms with Crippen molar-refractivity contribution in [2.45, 2.75) is 12.1 Å². The highest BCUT2D eigenvalue weighted by Crippen LogP contribution is 2.25. The monoisotopic (exact) mass is 192 g/mol. The standard InChI is InChI=1S/C10H12N2O2/c1-14-7-4-2-3-6(5-7)9-8(11)10(13)12-9/h2-5,8-9H,11H2,1H3,(H,12,13). The van der Waals surface area contributed by atoms with Gasteiger partial charge in [-0.15, -0.1) is 0 Å². The molecule has 2 unspecified atom stereocenters. The lowest BCUT2D eigenvalue weighted by Gasteiger charge is -2.34. The summed E-state index contributed by atoms with van der Waals surface area (Å²) in [6.45, 7) is 0. The van der Waals surface area contributed by atoms with Gasteiger partial charge in [0.25, 0.3) is 0 Å². The molecule has 2 rings (SSSR count). The van der Waals surface area contributed by atoms with Crippen LogP contribution in [-0.2, 0) is 4.79 Å². The molecule has 3 N–H and O–H groups in total. The first kappa shape index (κ1) is 9.02. The fourth-order valence-electron chi connectivity index (χ4n) is 1.52. The summed E-state index contributed by atoms with van der Waals surface area (Å²) in [6, 6.07) is 7.04. The number of hydrogen-bond acceptors (Lipinski definition) is 3. The highest BCUT2D eigenvalue weighted by atomic mass is 16.5. The van der Waals surface area contributed by atoms with Gasteiger partial charge in [0.15, 0.2) is 0 Å². The Morgan fingerprint density at radius 2 is 2.29 bits per heavy atom. The predicted molar refractivity (Wildman–Crippen MR) is 51.9 cm³/mol. The summed E-state index contributed by atoms with van der Waals surface area (Å²) < 4.78 is 5.08. The van der Waals surface area contributed by atoms with Crippen molar-refractivity contribution in [1.29, 1.82) is 0 Å². The molecule has 1 heterocycles. The minimum atomic E-state index is -0.429. The van der Waals surface area contributed by atoms with Crippen molar-refractivity contribution in [2.24, 2.45) is 5.73 Å². The minimum Gasteiger partial charge on any atom is -0.497 e. The van der Waals surface area contributed by atoms with Crippen LogP contribution in [0.2, 0.25) is 0 Å². The molecule has 1 aromatic rings. The van der Waals surface area contributed by atoms with Gasteiger partial charge in [-0.3, -0.25) is 4.79 Å². The summed E-state index contributed by atoms with van der Waals surface area (Å²) in [4.78, 5) is 10.9. The molecule has 74 valence electrons. The second-order valence-corrected chi connectivity index (χ2v) is 3.29. The fourth-order valence-corrected chi connectivity index (χ4v) is 1.52. The molecule has 4 heteroatoms. The van der Waals surface area contributed by atoms with Gasteiger partial charge in [-0.2, -0.15) is 0 Å². The molecule has 0 aromatic heterocycles. The van der Waals surface area contributed by atoms with E-state index in [4.69, 9.17) is 10.5 Å². The third-order valence-electron chi connectivity index (χ3n) is 2.41. The Kier molecular flexibility index (Phi) is 2.13. The molecule has 1 fully saturated rings. The molecule has 0 spiro atoms. The van der Waals surface area contributed by atoms with Crippen LogP contribution in [0.1, 0.15) is 11.6 Å². The zero-order chi connectivity index (χ0) is 10.1.